The van der Waals surface area contributed by atoms with E-state index in [-0.39, 0.29) is 52.0 Å². The van der Waals surface area contributed by atoms with Gasteiger partial charge in [-0.1, -0.05) is 12.8 Å². The summed E-state index contributed by atoms with van der Waals surface area (Å²) in [4.78, 5) is 40.9. The van der Waals surface area contributed by atoms with Crippen LogP contribution in [0.1, 0.15) is 25.7 Å². The molecule has 2 rings (SSSR count). The van der Waals surface area contributed by atoms with E-state index in [1.165, 1.54) is 0 Å². The Hall–Kier alpha value is -1.20. The third-order valence-corrected chi connectivity index (χ3v) is 2.43. The Morgan fingerprint density at radius 2 is 1.21 bits per heavy atom. The first-order chi connectivity index (χ1) is 8.40. The second-order valence-corrected chi connectivity index (χ2v) is 3.83. The van der Waals surface area contributed by atoms with Crippen LogP contribution in [0.15, 0.2) is 0 Å². The van der Waals surface area contributed by atoms with Crippen molar-refractivity contribution >= 4 is 23.8 Å². The second-order valence-electron chi connectivity index (χ2n) is 3.83. The Balaban J connectivity index is 0.000000324. The van der Waals surface area contributed by atoms with Gasteiger partial charge in [-0.15, -0.1) is 0 Å². The average Bonchev–Trinajstić information content (AvgIpc) is 2.88. The summed E-state index contributed by atoms with van der Waals surface area (Å²) in [5.41, 5.74) is 0. The minimum atomic E-state index is -0.999. The third-order valence-electron chi connectivity index (χ3n) is 2.43. The van der Waals surface area contributed by atoms with Gasteiger partial charge < -0.3 is 30.4 Å². The summed E-state index contributed by atoms with van der Waals surface area (Å²) < 4.78 is 0. The van der Waals surface area contributed by atoms with Crippen molar-refractivity contribution in [1.82, 2.24) is 0 Å². The van der Waals surface area contributed by atoms with E-state index in [1.807, 2.05) is 0 Å². The molecule has 2 heterocycles. The molecule has 0 spiro atoms. The molecule has 2 saturated heterocycles. The molecule has 9 heteroatoms. The first-order valence-electron chi connectivity index (χ1n) is 5.33. The van der Waals surface area contributed by atoms with Crippen LogP contribution in [0, 0.1) is 0 Å². The van der Waals surface area contributed by atoms with E-state index < -0.39 is 24.0 Å². The zero-order valence-corrected chi connectivity index (χ0v) is 14.1. The normalized spacial score (nSPS) is 24.4. The molecule has 0 saturated carbocycles. The van der Waals surface area contributed by atoms with Crippen LogP contribution < -0.4 is 0 Å². The Bertz CT molecular complexity index is 350. The van der Waals surface area contributed by atoms with Crippen LogP contribution in [-0.4, -0.2) is 46.0 Å². The number of carboxylic acid groups (broad SMARTS) is 2. The van der Waals surface area contributed by atoms with Gasteiger partial charge >= 0.3 is 27.3 Å². The molecule has 0 aliphatic carbocycles. The molecule has 2 fully saturated rings. The van der Waals surface area contributed by atoms with E-state index in [4.69, 9.17) is 10.2 Å². The average molecular weight is 369 g/mol. The van der Waals surface area contributed by atoms with Crippen LogP contribution in [-0.2, 0) is 46.5 Å². The molecule has 0 aromatic rings. The molecule has 2 N–H and O–H groups in total. The van der Waals surface area contributed by atoms with E-state index >= 15 is 0 Å². The molecule has 19 heavy (non-hydrogen) atoms. The second kappa shape index (κ2) is 8.07. The number of carboxylic acids is 2. The predicted octanol–water partition coefficient (Wildman–Crippen LogP) is 0.265. The maximum absolute atomic E-state index is 10.3. The van der Waals surface area contributed by atoms with Gasteiger partial charge in [0.1, 0.15) is 0 Å². The summed E-state index contributed by atoms with van der Waals surface area (Å²) >= 11 is 0. The monoisotopic (exact) mass is 370 g/mol. The topological polar surface area (TPSA) is 137 Å². The van der Waals surface area contributed by atoms with E-state index in [2.05, 4.69) is 10.6 Å². The molecule has 0 radical (unpaired) electrons. The van der Waals surface area contributed by atoms with Crippen LogP contribution in [0.4, 0.5) is 0 Å². The molecule has 2 atom stereocenters. The number of amides is 2. The van der Waals surface area contributed by atoms with Crippen molar-refractivity contribution in [3.05, 3.63) is 10.6 Å². The van der Waals surface area contributed by atoms with Crippen LogP contribution in [0.3, 0.4) is 0 Å². The number of rotatable bonds is 2. The Kier molecular flexibility index (Phi) is 7.56. The van der Waals surface area contributed by atoms with Crippen LogP contribution in [0.5, 0.6) is 0 Å². The fourth-order valence-corrected chi connectivity index (χ4v) is 1.48. The molecule has 0 aromatic carbocycles. The summed E-state index contributed by atoms with van der Waals surface area (Å²) in [5.74, 6) is -2.58. The fraction of sp³-hybridized carbons (Fsp3) is 0.600. The summed E-state index contributed by atoms with van der Waals surface area (Å²) in [6.45, 7) is 0. The van der Waals surface area contributed by atoms with Crippen LogP contribution in [0.2, 0.25) is 0 Å². The summed E-state index contributed by atoms with van der Waals surface area (Å²) in [5, 5.41) is 23.3. The number of nitrogens with zero attached hydrogens (tertiary/aromatic N) is 2. The van der Waals surface area contributed by atoms with Gasteiger partial charge in [0.15, 0.2) is 0 Å². The summed E-state index contributed by atoms with van der Waals surface area (Å²) in [6, 6.07) is -1.53. The molecular formula is C10H12CdN2O6. The summed E-state index contributed by atoms with van der Waals surface area (Å²) in [7, 11) is 0. The maximum atomic E-state index is 10.3. The first-order valence-corrected chi connectivity index (χ1v) is 5.33. The number of carbonyl (C=O) groups is 4. The standard InChI is InChI=1S/2C5H7NO3.Cd/c2*7-4-2-1-3(6-4)5(8)9;/h2*3H,1-2H2,(H2,6,7,8,9);/q;;+2/p-2. The maximum Gasteiger partial charge on any atom is 2.00 e. The van der Waals surface area contributed by atoms with Crippen molar-refractivity contribution in [2.24, 2.45) is 0 Å². The minimum Gasteiger partial charge on any atom is -0.642 e. The Morgan fingerprint density at radius 3 is 1.32 bits per heavy atom. The van der Waals surface area contributed by atoms with Crippen molar-refractivity contribution in [1.29, 1.82) is 0 Å². The van der Waals surface area contributed by atoms with Crippen molar-refractivity contribution in [3.63, 3.8) is 0 Å². The van der Waals surface area contributed by atoms with Crippen molar-refractivity contribution in [3.8, 4) is 0 Å². The zero-order valence-electron chi connectivity index (χ0n) is 10.1. The van der Waals surface area contributed by atoms with E-state index in [0.29, 0.717) is 12.8 Å². The van der Waals surface area contributed by atoms with Crippen molar-refractivity contribution in [2.75, 3.05) is 0 Å². The number of hydrogen-bond donors (Lipinski definition) is 2. The molecule has 0 bridgehead atoms. The molecule has 100 valence electrons. The van der Waals surface area contributed by atoms with E-state index in [0.717, 1.165) is 0 Å². The quantitative estimate of drug-likeness (QED) is 0.671. The SMILES string of the molecule is O=C1CCC(C(=O)O)[N-]1.O=C1CCC(C(=O)O)[N-]1.[Cd+2]. The number of carbonyl (C=O) groups excluding carboxylic acids is 2. The summed E-state index contributed by atoms with van der Waals surface area (Å²) in [6.07, 6.45) is 1.32. The van der Waals surface area contributed by atoms with Crippen LogP contribution in [0.25, 0.3) is 10.6 Å². The molecule has 8 nitrogen and oxygen atoms in total. The fourth-order valence-electron chi connectivity index (χ4n) is 1.48. The van der Waals surface area contributed by atoms with E-state index in [1.54, 1.807) is 0 Å². The zero-order chi connectivity index (χ0) is 13.7. The van der Waals surface area contributed by atoms with Gasteiger partial charge in [0.05, 0.1) is 11.8 Å². The third kappa shape index (κ3) is 5.98. The Morgan fingerprint density at radius 1 is 0.895 bits per heavy atom. The largest absolute Gasteiger partial charge is 2.00 e. The van der Waals surface area contributed by atoms with Gasteiger partial charge in [0, 0.05) is 0 Å². The first kappa shape index (κ1) is 17.8. The molecule has 2 unspecified atom stereocenters. The molecular weight excluding hydrogens is 357 g/mol. The van der Waals surface area contributed by atoms with Gasteiger partial charge in [-0.3, -0.25) is 9.59 Å². The van der Waals surface area contributed by atoms with Gasteiger partial charge in [0.2, 0.25) is 0 Å². The van der Waals surface area contributed by atoms with Gasteiger partial charge in [-0.25, -0.2) is 0 Å². The molecule has 2 amide bonds. The van der Waals surface area contributed by atoms with Gasteiger partial charge in [0.25, 0.3) is 11.9 Å². The number of hydrogen-bond acceptors (Lipinski definition) is 4. The molecule has 2 aliphatic rings. The van der Waals surface area contributed by atoms with Crippen molar-refractivity contribution in [2.45, 2.75) is 37.8 Å². The predicted molar refractivity (Wildman–Crippen MR) is 58.0 cm³/mol. The van der Waals surface area contributed by atoms with Gasteiger partial charge in [-0.05, 0) is 24.9 Å². The molecule has 2 aliphatic heterocycles. The molecule has 0 aromatic heterocycles. The number of aliphatic carboxylic acids is 2. The van der Waals surface area contributed by atoms with Crippen molar-refractivity contribution < 1.29 is 56.7 Å². The minimum absolute atomic E-state index is 0. The van der Waals surface area contributed by atoms with E-state index in [9.17, 15) is 19.2 Å². The Labute approximate surface area is 129 Å². The van der Waals surface area contributed by atoms with Gasteiger partial charge in [-0.2, -0.15) is 0 Å². The smallest absolute Gasteiger partial charge is 0.642 e. The van der Waals surface area contributed by atoms with Crippen LogP contribution >= 0.6 is 0 Å².